The number of rotatable bonds is 4. The molecule has 0 aliphatic heterocycles. The fraction of sp³-hybridized carbons (Fsp3) is 0.278. The molecule has 2 nitrogen and oxygen atoms in total. The maximum absolute atomic E-state index is 12.9. The highest BCUT2D eigenvalue weighted by molar-refractivity contribution is 6.03. The average molecular weight is 267 g/mol. The molecule has 0 N–H and O–H groups in total. The molecule has 0 aliphatic rings. The Kier molecular flexibility index (Phi) is 4.23. The number of hydrogen-bond acceptors (Lipinski definition) is 1. The summed E-state index contributed by atoms with van der Waals surface area (Å²) in [7, 11) is 0. The van der Waals surface area contributed by atoms with Crippen molar-refractivity contribution in [1.29, 1.82) is 0 Å². The lowest BCUT2D eigenvalue weighted by Crippen LogP contribution is -2.37. The maximum Gasteiger partial charge on any atom is 0.237 e. The fourth-order valence-electron chi connectivity index (χ4n) is 1.99. The van der Waals surface area contributed by atoms with E-state index in [2.05, 4.69) is 0 Å². The normalized spacial score (nSPS) is 11.2. The molecule has 104 valence electrons. The maximum atomic E-state index is 12.9. The largest absolute Gasteiger partial charge is 0.281 e. The number of amides is 1. The number of anilines is 2. The molecule has 0 fully saturated rings. The molecule has 0 unspecified atom stereocenters. The summed E-state index contributed by atoms with van der Waals surface area (Å²) in [6.07, 6.45) is 0.808. The minimum Gasteiger partial charge on any atom is -0.281 e. The van der Waals surface area contributed by atoms with Gasteiger partial charge in [-0.2, -0.15) is 0 Å². The Balaban J connectivity index is 2.49. The van der Waals surface area contributed by atoms with Gasteiger partial charge in [-0.1, -0.05) is 57.2 Å². The van der Waals surface area contributed by atoms with Crippen LogP contribution in [0.4, 0.5) is 11.4 Å². The van der Waals surface area contributed by atoms with Crippen LogP contribution in [0.3, 0.4) is 0 Å². The quantitative estimate of drug-likeness (QED) is 0.780. The van der Waals surface area contributed by atoms with E-state index in [-0.39, 0.29) is 11.3 Å². The second kappa shape index (κ2) is 5.91. The molecule has 2 aromatic carbocycles. The Morgan fingerprint density at radius 3 is 1.65 bits per heavy atom. The number of benzene rings is 2. The van der Waals surface area contributed by atoms with Crippen molar-refractivity contribution >= 4 is 17.3 Å². The van der Waals surface area contributed by atoms with Crippen molar-refractivity contribution in [3.05, 3.63) is 60.7 Å². The van der Waals surface area contributed by atoms with Gasteiger partial charge in [0.1, 0.15) is 0 Å². The van der Waals surface area contributed by atoms with Gasteiger partial charge in [0.25, 0.3) is 0 Å². The minimum atomic E-state index is -0.383. The molecule has 1 amide bonds. The van der Waals surface area contributed by atoms with Crippen LogP contribution in [-0.4, -0.2) is 5.91 Å². The first-order chi connectivity index (χ1) is 9.56. The first-order valence-electron chi connectivity index (χ1n) is 7.01. The minimum absolute atomic E-state index is 0.123. The van der Waals surface area contributed by atoms with E-state index in [1.807, 2.05) is 86.3 Å². The summed E-state index contributed by atoms with van der Waals surface area (Å²) in [5.41, 5.74) is 1.43. The second-order valence-electron chi connectivity index (χ2n) is 5.55. The topological polar surface area (TPSA) is 20.3 Å². The van der Waals surface area contributed by atoms with Gasteiger partial charge in [0.2, 0.25) is 5.91 Å². The molecule has 0 heterocycles. The zero-order chi connectivity index (χ0) is 14.6. The van der Waals surface area contributed by atoms with Crippen molar-refractivity contribution in [1.82, 2.24) is 0 Å². The monoisotopic (exact) mass is 267 g/mol. The molecule has 20 heavy (non-hydrogen) atoms. The van der Waals surface area contributed by atoms with Crippen LogP contribution < -0.4 is 4.90 Å². The molecule has 2 rings (SSSR count). The molecular weight excluding hydrogens is 246 g/mol. The van der Waals surface area contributed by atoms with Gasteiger partial charge in [-0.05, 0) is 30.7 Å². The van der Waals surface area contributed by atoms with Crippen LogP contribution in [0, 0.1) is 5.41 Å². The molecule has 2 aromatic rings. The molecular formula is C18H21NO. The number of para-hydroxylation sites is 2. The predicted molar refractivity (Wildman–Crippen MR) is 84.1 cm³/mol. The number of nitrogens with zero attached hydrogens (tertiary/aromatic N) is 1. The van der Waals surface area contributed by atoms with E-state index in [0.29, 0.717) is 0 Å². The van der Waals surface area contributed by atoms with Crippen molar-refractivity contribution in [3.8, 4) is 0 Å². The Labute approximate surface area is 121 Å². The van der Waals surface area contributed by atoms with E-state index in [4.69, 9.17) is 0 Å². The highest BCUT2D eigenvalue weighted by atomic mass is 16.2. The first-order valence-corrected chi connectivity index (χ1v) is 7.01. The number of carbonyl (C=O) groups is 1. The molecule has 0 saturated carbocycles. The summed E-state index contributed by atoms with van der Waals surface area (Å²) < 4.78 is 0. The lowest BCUT2D eigenvalue weighted by Gasteiger charge is -2.31. The van der Waals surface area contributed by atoms with Crippen molar-refractivity contribution in [2.45, 2.75) is 27.2 Å². The molecule has 0 bridgehead atoms. The van der Waals surface area contributed by atoms with Gasteiger partial charge >= 0.3 is 0 Å². The van der Waals surface area contributed by atoms with Crippen LogP contribution >= 0.6 is 0 Å². The summed E-state index contributed by atoms with van der Waals surface area (Å²) in [5.74, 6) is 0.123. The SMILES string of the molecule is CCC(C)(C)C(=O)N(c1ccccc1)c1ccccc1. The van der Waals surface area contributed by atoms with Crippen LogP contribution in [0.1, 0.15) is 27.2 Å². The summed E-state index contributed by atoms with van der Waals surface area (Å²) in [4.78, 5) is 14.7. The van der Waals surface area contributed by atoms with Crippen molar-refractivity contribution in [3.63, 3.8) is 0 Å². The Hall–Kier alpha value is -2.09. The molecule has 0 aliphatic carbocycles. The van der Waals surface area contributed by atoms with Crippen LogP contribution in [0.25, 0.3) is 0 Å². The molecule has 0 aromatic heterocycles. The van der Waals surface area contributed by atoms with Gasteiger partial charge in [-0.15, -0.1) is 0 Å². The van der Waals surface area contributed by atoms with E-state index >= 15 is 0 Å². The summed E-state index contributed by atoms with van der Waals surface area (Å²) in [6, 6.07) is 19.6. The molecule has 0 spiro atoms. The van der Waals surface area contributed by atoms with Gasteiger partial charge in [-0.3, -0.25) is 9.69 Å². The summed E-state index contributed by atoms with van der Waals surface area (Å²) in [5, 5.41) is 0. The third kappa shape index (κ3) is 2.90. The number of carbonyl (C=O) groups excluding carboxylic acids is 1. The van der Waals surface area contributed by atoms with Gasteiger partial charge in [0.15, 0.2) is 0 Å². The lowest BCUT2D eigenvalue weighted by atomic mass is 9.88. The predicted octanol–water partition coefficient (Wildman–Crippen LogP) is 4.79. The molecule has 2 heteroatoms. The van der Waals surface area contributed by atoms with Gasteiger partial charge < -0.3 is 0 Å². The zero-order valence-electron chi connectivity index (χ0n) is 12.3. The van der Waals surface area contributed by atoms with Gasteiger partial charge in [0.05, 0.1) is 0 Å². The first kappa shape index (κ1) is 14.3. The third-order valence-electron chi connectivity index (χ3n) is 3.69. The highest BCUT2D eigenvalue weighted by Gasteiger charge is 2.31. The Bertz CT molecular complexity index is 521. The van der Waals surface area contributed by atoms with Crippen LogP contribution in [-0.2, 0) is 4.79 Å². The fourth-order valence-corrected chi connectivity index (χ4v) is 1.99. The lowest BCUT2D eigenvalue weighted by molar-refractivity contribution is -0.125. The second-order valence-corrected chi connectivity index (χ2v) is 5.55. The standard InChI is InChI=1S/C18H21NO/c1-4-18(2,3)17(20)19(15-11-7-5-8-12-15)16-13-9-6-10-14-16/h5-14H,4H2,1-3H3. The molecule has 0 radical (unpaired) electrons. The van der Waals surface area contributed by atoms with Crippen molar-refractivity contribution in [2.75, 3.05) is 4.90 Å². The van der Waals surface area contributed by atoms with E-state index in [9.17, 15) is 4.79 Å². The van der Waals surface area contributed by atoms with E-state index in [1.54, 1.807) is 0 Å². The van der Waals surface area contributed by atoms with Crippen LogP contribution in [0.15, 0.2) is 60.7 Å². The third-order valence-corrected chi connectivity index (χ3v) is 3.69. The zero-order valence-corrected chi connectivity index (χ0v) is 12.3. The van der Waals surface area contributed by atoms with E-state index in [0.717, 1.165) is 17.8 Å². The Morgan fingerprint density at radius 1 is 0.900 bits per heavy atom. The van der Waals surface area contributed by atoms with E-state index in [1.165, 1.54) is 0 Å². The van der Waals surface area contributed by atoms with Crippen molar-refractivity contribution in [2.24, 2.45) is 5.41 Å². The van der Waals surface area contributed by atoms with Crippen molar-refractivity contribution < 1.29 is 4.79 Å². The summed E-state index contributed by atoms with van der Waals surface area (Å²) in [6.45, 7) is 6.04. The summed E-state index contributed by atoms with van der Waals surface area (Å²) >= 11 is 0. The molecule has 0 atom stereocenters. The van der Waals surface area contributed by atoms with Gasteiger partial charge in [-0.25, -0.2) is 0 Å². The van der Waals surface area contributed by atoms with Crippen LogP contribution in [0.2, 0.25) is 0 Å². The van der Waals surface area contributed by atoms with Gasteiger partial charge in [0, 0.05) is 16.8 Å². The van der Waals surface area contributed by atoms with E-state index < -0.39 is 0 Å². The Morgan fingerprint density at radius 2 is 1.30 bits per heavy atom. The number of hydrogen-bond donors (Lipinski definition) is 0. The van der Waals surface area contributed by atoms with Crippen LogP contribution in [0.5, 0.6) is 0 Å². The average Bonchev–Trinajstić information content (AvgIpc) is 2.49. The smallest absolute Gasteiger partial charge is 0.237 e. The highest BCUT2D eigenvalue weighted by Crippen LogP contribution is 2.32. The molecule has 0 saturated heterocycles.